The summed E-state index contributed by atoms with van der Waals surface area (Å²) in [5.74, 6) is -0.424. The van der Waals surface area contributed by atoms with Gasteiger partial charge < -0.3 is 14.9 Å². The number of aliphatic hydroxyl groups is 1. The molecule has 0 aliphatic rings. The molecule has 0 aromatic heterocycles. The number of hydrogen-bond acceptors (Lipinski definition) is 4. The van der Waals surface area contributed by atoms with Crippen LogP contribution in [0.1, 0.15) is 18.1 Å². The van der Waals surface area contributed by atoms with Crippen molar-refractivity contribution >= 4 is 5.97 Å². The van der Waals surface area contributed by atoms with Crippen LogP contribution < -0.4 is 0 Å². The second kappa shape index (κ2) is 4.62. The zero-order chi connectivity index (χ0) is 10.6. The van der Waals surface area contributed by atoms with Crippen molar-refractivity contribution in [3.05, 3.63) is 29.8 Å². The van der Waals surface area contributed by atoms with E-state index in [0.717, 1.165) is 0 Å². The molecule has 1 unspecified atom stereocenters. The van der Waals surface area contributed by atoms with Gasteiger partial charge in [-0.25, -0.2) is 0 Å². The van der Waals surface area contributed by atoms with E-state index < -0.39 is 12.1 Å². The van der Waals surface area contributed by atoms with Crippen molar-refractivity contribution in [2.24, 2.45) is 0 Å². The molecular formula is C10H12O4. The third kappa shape index (κ3) is 2.74. The van der Waals surface area contributed by atoms with E-state index in [9.17, 15) is 9.90 Å². The standard InChI is InChI=1S/C10H12O4/c1-14-10(13)6-9(12)7-3-2-4-8(11)5-7/h2-5,9,11-12H,6H2,1H3. The Kier molecular flexibility index (Phi) is 3.48. The van der Waals surface area contributed by atoms with Gasteiger partial charge in [0, 0.05) is 0 Å². The summed E-state index contributed by atoms with van der Waals surface area (Å²) in [5, 5.41) is 18.7. The molecule has 4 heteroatoms. The lowest BCUT2D eigenvalue weighted by molar-refractivity contribution is -0.142. The summed E-state index contributed by atoms with van der Waals surface area (Å²) >= 11 is 0. The number of carbonyl (C=O) groups excluding carboxylic acids is 1. The van der Waals surface area contributed by atoms with Gasteiger partial charge in [-0.1, -0.05) is 12.1 Å². The summed E-state index contributed by atoms with van der Waals surface area (Å²) < 4.78 is 4.41. The van der Waals surface area contributed by atoms with E-state index in [1.807, 2.05) is 0 Å². The van der Waals surface area contributed by atoms with Crippen LogP contribution in [0.25, 0.3) is 0 Å². The van der Waals surface area contributed by atoms with Gasteiger partial charge in [0.2, 0.25) is 0 Å². The molecule has 0 fully saturated rings. The number of aliphatic hydroxyl groups excluding tert-OH is 1. The molecule has 0 bridgehead atoms. The number of phenolic OH excluding ortho intramolecular Hbond substituents is 1. The fourth-order valence-electron chi connectivity index (χ4n) is 1.09. The Morgan fingerprint density at radius 1 is 1.57 bits per heavy atom. The molecule has 0 saturated heterocycles. The third-order valence-corrected chi connectivity index (χ3v) is 1.84. The third-order valence-electron chi connectivity index (χ3n) is 1.84. The van der Waals surface area contributed by atoms with Gasteiger partial charge in [0.1, 0.15) is 5.75 Å². The van der Waals surface area contributed by atoms with Gasteiger partial charge in [0.25, 0.3) is 0 Å². The van der Waals surface area contributed by atoms with Gasteiger partial charge in [-0.2, -0.15) is 0 Å². The molecule has 0 saturated carbocycles. The van der Waals surface area contributed by atoms with Crippen LogP contribution in [0, 0.1) is 0 Å². The number of ether oxygens (including phenoxy) is 1. The first-order valence-corrected chi connectivity index (χ1v) is 4.17. The molecule has 0 amide bonds. The Labute approximate surface area is 81.8 Å². The minimum Gasteiger partial charge on any atom is -0.508 e. The topological polar surface area (TPSA) is 66.8 Å². The summed E-state index contributed by atoms with van der Waals surface area (Å²) in [6.45, 7) is 0. The predicted molar refractivity (Wildman–Crippen MR) is 49.7 cm³/mol. The van der Waals surface area contributed by atoms with Crippen LogP contribution in [0.3, 0.4) is 0 Å². The molecule has 0 spiro atoms. The number of rotatable bonds is 3. The first-order chi connectivity index (χ1) is 6.63. The number of methoxy groups -OCH3 is 1. The molecule has 1 aromatic carbocycles. The van der Waals surface area contributed by atoms with Crippen LogP contribution in [0.4, 0.5) is 0 Å². The van der Waals surface area contributed by atoms with Gasteiger partial charge >= 0.3 is 5.97 Å². The molecule has 0 aliphatic carbocycles. The van der Waals surface area contributed by atoms with Gasteiger partial charge in [0.05, 0.1) is 19.6 Å². The quantitative estimate of drug-likeness (QED) is 0.707. The van der Waals surface area contributed by atoms with E-state index in [1.165, 1.54) is 19.2 Å². The van der Waals surface area contributed by atoms with Crippen molar-refractivity contribution in [3.8, 4) is 5.75 Å². The Morgan fingerprint density at radius 3 is 2.86 bits per heavy atom. The first kappa shape index (κ1) is 10.5. The zero-order valence-corrected chi connectivity index (χ0v) is 7.80. The number of aromatic hydroxyl groups is 1. The second-order valence-electron chi connectivity index (χ2n) is 2.89. The highest BCUT2D eigenvalue weighted by molar-refractivity contribution is 5.70. The van der Waals surface area contributed by atoms with Crippen LogP contribution in [0.2, 0.25) is 0 Å². The smallest absolute Gasteiger partial charge is 0.308 e. The van der Waals surface area contributed by atoms with E-state index >= 15 is 0 Å². The van der Waals surface area contributed by atoms with E-state index in [0.29, 0.717) is 5.56 Å². The summed E-state index contributed by atoms with van der Waals surface area (Å²) in [7, 11) is 1.26. The maximum atomic E-state index is 10.8. The Bertz CT molecular complexity index is 322. The SMILES string of the molecule is COC(=O)CC(O)c1cccc(O)c1. The Hall–Kier alpha value is -1.55. The van der Waals surface area contributed by atoms with Crippen LogP contribution in [-0.4, -0.2) is 23.3 Å². The fraction of sp³-hybridized carbons (Fsp3) is 0.300. The van der Waals surface area contributed by atoms with Crippen LogP contribution in [0.5, 0.6) is 5.75 Å². The van der Waals surface area contributed by atoms with E-state index in [-0.39, 0.29) is 12.2 Å². The maximum Gasteiger partial charge on any atom is 0.308 e. The summed E-state index contributed by atoms with van der Waals surface area (Å²) in [6.07, 6.45) is -1.05. The van der Waals surface area contributed by atoms with Crippen molar-refractivity contribution in [3.63, 3.8) is 0 Å². The largest absolute Gasteiger partial charge is 0.508 e. The van der Waals surface area contributed by atoms with Crippen molar-refractivity contribution < 1.29 is 19.7 Å². The first-order valence-electron chi connectivity index (χ1n) is 4.17. The maximum absolute atomic E-state index is 10.8. The van der Waals surface area contributed by atoms with E-state index in [1.54, 1.807) is 12.1 Å². The Morgan fingerprint density at radius 2 is 2.29 bits per heavy atom. The number of phenols is 1. The lowest BCUT2D eigenvalue weighted by Crippen LogP contribution is -2.07. The van der Waals surface area contributed by atoms with Crippen molar-refractivity contribution in [2.75, 3.05) is 7.11 Å². The van der Waals surface area contributed by atoms with Gasteiger partial charge in [-0.3, -0.25) is 4.79 Å². The minimum absolute atomic E-state index is 0.0615. The highest BCUT2D eigenvalue weighted by atomic mass is 16.5. The highest BCUT2D eigenvalue weighted by Gasteiger charge is 2.13. The molecule has 0 heterocycles. The summed E-state index contributed by atoms with van der Waals surface area (Å²) in [5.41, 5.74) is 0.496. The molecule has 14 heavy (non-hydrogen) atoms. The molecular weight excluding hydrogens is 184 g/mol. The molecule has 0 aliphatic heterocycles. The molecule has 1 rings (SSSR count). The Balaban J connectivity index is 2.69. The van der Waals surface area contributed by atoms with E-state index in [2.05, 4.69) is 4.74 Å². The average Bonchev–Trinajstić information content (AvgIpc) is 2.17. The number of benzene rings is 1. The molecule has 0 radical (unpaired) electrons. The van der Waals surface area contributed by atoms with Crippen LogP contribution in [-0.2, 0) is 9.53 Å². The second-order valence-corrected chi connectivity index (χ2v) is 2.89. The van der Waals surface area contributed by atoms with Crippen molar-refractivity contribution in [1.29, 1.82) is 0 Å². The zero-order valence-electron chi connectivity index (χ0n) is 7.80. The lowest BCUT2D eigenvalue weighted by atomic mass is 10.1. The molecule has 76 valence electrons. The van der Waals surface area contributed by atoms with E-state index in [4.69, 9.17) is 5.11 Å². The normalized spacial score (nSPS) is 12.1. The number of carbonyl (C=O) groups is 1. The molecule has 4 nitrogen and oxygen atoms in total. The fourth-order valence-corrected chi connectivity index (χ4v) is 1.09. The highest BCUT2D eigenvalue weighted by Crippen LogP contribution is 2.20. The van der Waals surface area contributed by atoms with Crippen molar-refractivity contribution in [1.82, 2.24) is 0 Å². The summed E-state index contributed by atoms with van der Waals surface area (Å²) in [6, 6.07) is 6.14. The van der Waals surface area contributed by atoms with Gasteiger partial charge in [-0.15, -0.1) is 0 Å². The average molecular weight is 196 g/mol. The molecule has 2 N–H and O–H groups in total. The summed E-state index contributed by atoms with van der Waals surface area (Å²) in [4.78, 5) is 10.8. The lowest BCUT2D eigenvalue weighted by Gasteiger charge is -2.09. The van der Waals surface area contributed by atoms with Gasteiger partial charge in [-0.05, 0) is 17.7 Å². The molecule has 1 atom stereocenters. The predicted octanol–water partition coefficient (Wildman–Crippen LogP) is 0.989. The van der Waals surface area contributed by atoms with Crippen LogP contribution in [0.15, 0.2) is 24.3 Å². The monoisotopic (exact) mass is 196 g/mol. The molecule has 1 aromatic rings. The number of hydrogen-bond donors (Lipinski definition) is 2. The minimum atomic E-state index is -0.936. The van der Waals surface area contributed by atoms with Crippen molar-refractivity contribution in [2.45, 2.75) is 12.5 Å². The van der Waals surface area contributed by atoms with Gasteiger partial charge in [0.15, 0.2) is 0 Å². The number of esters is 1. The van der Waals surface area contributed by atoms with Crippen LogP contribution >= 0.6 is 0 Å².